The Balaban J connectivity index is 0.000000750. The Labute approximate surface area is 625 Å². The Bertz CT molecular complexity index is 3960. The molecule has 0 saturated carbocycles. The van der Waals surface area contributed by atoms with Crippen molar-refractivity contribution in [2.45, 2.75) is 129 Å². The van der Waals surface area contributed by atoms with E-state index in [1.165, 1.54) is 55.9 Å². The molecule has 2 aliphatic rings. The standard InChI is InChI=1S/C23H22N8O8.C19H19N7O6.C10H22O2.C8H20N2O2.C4H5NO3.C2H2.HNS.H3N/c24-23-29-19-18(21(36)30-23)27-13(10-26-19)9-25-12-3-1-11(2-4-12)20(35)28-14(22(37)38)5-8-17(34)39-31-15(32)6-7-16(31)33;20-19-25-15-14(17(30)26-19)23-11(8-22-15)7-21-10-3-1-9(2-4-10)16(29)24-12(18(31)32)5-6-13(27)28;1-3-5-7-11-9-10-12-8-6-4-2;9-3-1-5-11-7-8-12-6-2-4-10;6-3-1-2-4(7)5(3)8;2*1-2;/h1-4,10,14,25H,5-9H2,(H,28,35)(H,37,38)(H3,24,26,29,30,36);1-4,8,12,21H,5-7H2,(H,24,29)(H,27,28)(H,31,32)(H3,20,22,25,26,30);3-10H2,1-2H3;1-10H2;8H,1-2H2;1-2H;1H;1H3/i;;;;;1D;;. The van der Waals surface area contributed by atoms with Crippen molar-refractivity contribution >= 4 is 117 Å². The molecule has 2 unspecified atom stereocenters. The second-order valence-electron chi connectivity index (χ2n) is 22.1. The number of nitrogens with one attached hydrogen (secondary N) is 7. The summed E-state index contributed by atoms with van der Waals surface area (Å²) in [5.41, 5.74) is 23.4. The first kappa shape index (κ1) is 92.5. The number of rotatable bonds is 37. The Morgan fingerprint density at radius 3 is 1.26 bits per heavy atom. The number of nitrogens with zero attached hydrogens (tertiary/aromatic N) is 8. The van der Waals surface area contributed by atoms with E-state index >= 15 is 0 Å². The van der Waals surface area contributed by atoms with E-state index in [-0.39, 0.29) is 115 Å². The third-order valence-corrected chi connectivity index (χ3v) is 13.9. The number of terminal acetylenes is 1. The van der Waals surface area contributed by atoms with Gasteiger partial charge in [0, 0.05) is 93.5 Å². The van der Waals surface area contributed by atoms with E-state index in [4.69, 9.17) is 68.3 Å². The molecule has 8 rings (SSSR count). The number of anilines is 4. The predicted molar refractivity (Wildman–Crippen MR) is 392 cm³/mol. The number of carbonyl (C=O) groups excluding carboxylic acids is 7. The molecule has 22 N–H and O–H groups in total. The summed E-state index contributed by atoms with van der Waals surface area (Å²) in [4.78, 5) is 171. The van der Waals surface area contributed by atoms with Gasteiger partial charge in [-0.3, -0.25) is 58.3 Å². The Kier molecular flexibility index (Phi) is 46.3. The van der Waals surface area contributed by atoms with Crippen molar-refractivity contribution in [1.29, 1.82) is 4.78 Å². The number of ether oxygens (including phenoxy) is 4. The number of benzene rings is 2. The molecule has 2 atom stereocenters. The lowest BCUT2D eigenvalue weighted by Gasteiger charge is -2.16. The third-order valence-electron chi connectivity index (χ3n) is 13.9. The molecule has 6 heterocycles. The van der Waals surface area contributed by atoms with Gasteiger partial charge in [0.2, 0.25) is 11.9 Å². The normalized spacial score (nSPS) is 12.4. The highest BCUT2D eigenvalue weighted by molar-refractivity contribution is 7.45. The molecule has 0 aliphatic carbocycles. The molecular formula is C66H94N20O21S. The molecule has 6 amide bonds. The Morgan fingerprint density at radius 2 is 0.935 bits per heavy atom. The van der Waals surface area contributed by atoms with Crippen molar-refractivity contribution < 1.29 is 93.6 Å². The first-order valence-electron chi connectivity index (χ1n) is 33.7. The van der Waals surface area contributed by atoms with Crippen molar-refractivity contribution in [1.82, 2.24) is 66.8 Å². The number of carboxylic acid groups (broad SMARTS) is 3. The van der Waals surface area contributed by atoms with Gasteiger partial charge >= 0.3 is 23.9 Å². The fourth-order valence-electron chi connectivity index (χ4n) is 8.38. The summed E-state index contributed by atoms with van der Waals surface area (Å²) in [6.45, 7) is 12.2. The summed E-state index contributed by atoms with van der Waals surface area (Å²) in [6, 6.07) is 9.51. The van der Waals surface area contributed by atoms with Gasteiger partial charge in [-0.2, -0.15) is 15.0 Å². The van der Waals surface area contributed by atoms with E-state index in [0.717, 1.165) is 65.3 Å². The van der Waals surface area contributed by atoms with Crippen molar-refractivity contribution in [3.8, 4) is 12.8 Å². The number of hydrogen-bond donors (Lipinski definition) is 16. The lowest BCUT2D eigenvalue weighted by molar-refractivity contribution is -0.197. The number of nitrogens with two attached hydrogens (primary N) is 4. The van der Waals surface area contributed by atoms with Crippen molar-refractivity contribution in [3.05, 3.63) is 104 Å². The summed E-state index contributed by atoms with van der Waals surface area (Å²) < 4.78 is 32.2. The highest BCUT2D eigenvalue weighted by Crippen LogP contribution is 2.17. The van der Waals surface area contributed by atoms with Gasteiger partial charge in [-0.1, -0.05) is 26.7 Å². The molecule has 2 aromatic carbocycles. The van der Waals surface area contributed by atoms with Gasteiger partial charge in [-0.15, -0.1) is 17.9 Å². The van der Waals surface area contributed by atoms with E-state index in [1.807, 2.05) is 0 Å². The minimum absolute atomic E-state index is 0. The lowest BCUT2D eigenvalue weighted by Crippen LogP contribution is -2.41. The lowest BCUT2D eigenvalue weighted by atomic mass is 10.1. The highest BCUT2D eigenvalue weighted by atomic mass is 32.1. The largest absolute Gasteiger partial charge is 0.481 e. The predicted octanol–water partition coefficient (Wildman–Crippen LogP) is 2.00. The van der Waals surface area contributed by atoms with Crippen LogP contribution in [0.2, 0.25) is 0 Å². The van der Waals surface area contributed by atoms with Gasteiger partial charge < -0.3 is 89.5 Å². The van der Waals surface area contributed by atoms with E-state index in [1.54, 1.807) is 24.3 Å². The minimum atomic E-state index is -1.42. The van der Waals surface area contributed by atoms with Gasteiger partial charge in [-0.25, -0.2) is 39.1 Å². The number of aromatic amines is 2. The maximum Gasteiger partial charge on any atom is 0.333 e. The average Bonchev–Trinajstić information content (AvgIpc) is 1.58. The fraction of sp³-hybridized carbons (Fsp3) is 0.455. The number of imide groups is 2. The van der Waals surface area contributed by atoms with Crippen LogP contribution in [0.15, 0.2) is 70.5 Å². The summed E-state index contributed by atoms with van der Waals surface area (Å²) in [7, 11) is 0. The van der Waals surface area contributed by atoms with Crippen LogP contribution < -0.4 is 61.5 Å². The van der Waals surface area contributed by atoms with Gasteiger partial charge in [0.15, 0.2) is 22.3 Å². The number of aromatic nitrogens is 8. The van der Waals surface area contributed by atoms with Crippen LogP contribution in [0.3, 0.4) is 0 Å². The maximum absolute atomic E-state index is 12.6. The van der Waals surface area contributed by atoms with Crippen LogP contribution >= 0.6 is 0 Å². The van der Waals surface area contributed by atoms with Gasteiger partial charge in [-0.05, 0) is 100 Å². The van der Waals surface area contributed by atoms with Crippen molar-refractivity contribution in [2.24, 2.45) is 11.5 Å². The van der Waals surface area contributed by atoms with Gasteiger partial charge in [0.1, 0.15) is 13.5 Å². The summed E-state index contributed by atoms with van der Waals surface area (Å²) in [6.07, 6.45) is 14.0. The molecule has 4 aromatic heterocycles. The molecule has 0 bridgehead atoms. The monoisotopic (exact) mass is 1540 g/mol. The number of aliphatic carboxylic acids is 3. The topological polar surface area (TPSA) is 658 Å². The number of hydrogen-bond acceptors (Lipinski definition) is 33. The summed E-state index contributed by atoms with van der Waals surface area (Å²) in [5, 5.41) is 46.9. The number of fused-ring (bicyclic) bond motifs is 2. The van der Waals surface area contributed by atoms with Crippen molar-refractivity contribution in [2.75, 3.05) is 88.0 Å². The molecule has 6 aromatic rings. The first-order valence-corrected chi connectivity index (χ1v) is 33.6. The molecule has 41 nitrogen and oxygen atoms in total. The number of H-pyrrole nitrogens is 2. The van der Waals surface area contributed by atoms with Crippen LogP contribution in [0.4, 0.5) is 23.3 Å². The Morgan fingerprint density at radius 1 is 0.583 bits per heavy atom. The third kappa shape index (κ3) is 36.4. The molecule has 42 heteroatoms. The van der Waals surface area contributed by atoms with E-state index in [2.05, 4.69) is 93.8 Å². The zero-order valence-corrected chi connectivity index (χ0v) is 60.4. The van der Waals surface area contributed by atoms with Crippen LogP contribution in [0.25, 0.3) is 22.3 Å². The fourth-order valence-corrected chi connectivity index (χ4v) is 8.38. The smallest absolute Gasteiger partial charge is 0.333 e. The second-order valence-corrected chi connectivity index (χ2v) is 22.1. The number of unbranched alkanes of at least 4 members (excludes halogenated alkanes) is 2. The number of nitrogen functional groups attached to an aromatic ring is 2. The SMILES string of the molecule is CCCCOCCOCCCC.N.N=S.NCCCOCCOCCCN.Nc1nc2ncc(CNc3ccc(C(=O)NC(CCC(=O)O)C(=O)O)cc3)nc2c(=O)[nH]1.Nc1nc2ncc(CNc3ccc(C(=O)NC(CCC(=O)ON4C(=O)CCC4=O)C(=O)O)cc3)nc2c(=O)[nH]1.O=C1CCC(=O)N1O.[2H]C#C. The molecule has 0 spiro atoms. The first-order chi connectivity index (χ1) is 51.8. The van der Waals surface area contributed by atoms with E-state index in [0.29, 0.717) is 54.1 Å². The van der Waals surface area contributed by atoms with Crippen LogP contribution in [-0.4, -0.2) is 208 Å². The molecule has 2 fully saturated rings. The van der Waals surface area contributed by atoms with Crippen LogP contribution in [-0.2, 0) is 87.7 Å². The number of hydroxylamine groups is 4. The zero-order chi connectivity index (χ0) is 80.3. The van der Waals surface area contributed by atoms with Crippen LogP contribution in [0, 0.1) is 17.6 Å². The molecule has 108 heavy (non-hydrogen) atoms. The molecule has 590 valence electrons. The van der Waals surface area contributed by atoms with Gasteiger partial charge in [0.05, 0.1) is 69.7 Å². The summed E-state index contributed by atoms with van der Waals surface area (Å²) >= 11 is 3.33. The van der Waals surface area contributed by atoms with Crippen LogP contribution in [0.1, 0.15) is 137 Å². The second kappa shape index (κ2) is 54.1. The van der Waals surface area contributed by atoms with Gasteiger partial charge in [0.25, 0.3) is 46.6 Å². The molecular weight excluding hydrogens is 1440 g/mol. The average molecular weight is 1540 g/mol. The van der Waals surface area contributed by atoms with Crippen LogP contribution in [0.5, 0.6) is 0 Å². The molecule has 2 saturated heterocycles. The van der Waals surface area contributed by atoms with E-state index < -0.39 is 88.9 Å². The highest BCUT2D eigenvalue weighted by Gasteiger charge is 2.33. The van der Waals surface area contributed by atoms with E-state index in [9.17, 15) is 62.6 Å². The Hall–Kier alpha value is -11.6. The zero-order valence-electron chi connectivity index (χ0n) is 60.6. The van der Waals surface area contributed by atoms with Crippen molar-refractivity contribution in [3.63, 3.8) is 0 Å². The quantitative estimate of drug-likeness (QED) is 0.0115. The number of amides is 6. The molecule has 2 aliphatic heterocycles. The molecule has 0 radical (unpaired) electrons. The minimum Gasteiger partial charge on any atom is -0.481 e. The maximum atomic E-state index is 12.6. The number of carboxylic acids is 3. The summed E-state index contributed by atoms with van der Waals surface area (Å²) in [5.74, 6) is -8.59. The number of carbonyl (C=O) groups is 10.